The summed E-state index contributed by atoms with van der Waals surface area (Å²) in [5.74, 6) is 0.703. The zero-order valence-corrected chi connectivity index (χ0v) is 11.6. The number of carbonyl (C=O) groups excluding carboxylic acids is 1. The fourth-order valence-electron chi connectivity index (χ4n) is 1.53. The normalized spacial score (nSPS) is 18.6. The lowest BCUT2D eigenvalue weighted by Gasteiger charge is -2.24. The summed E-state index contributed by atoms with van der Waals surface area (Å²) in [5, 5.41) is 14.9. The van der Waals surface area contributed by atoms with Gasteiger partial charge in [-0.2, -0.15) is 5.26 Å². The number of ether oxygens (including phenoxy) is 1. The molecule has 1 amide bonds. The number of amides is 1. The minimum absolute atomic E-state index is 0.274. The van der Waals surface area contributed by atoms with E-state index in [-0.39, 0.29) is 12.1 Å². The maximum atomic E-state index is 11.6. The van der Waals surface area contributed by atoms with Crippen molar-refractivity contribution in [1.29, 1.82) is 5.26 Å². The summed E-state index contributed by atoms with van der Waals surface area (Å²) in [7, 11) is 0. The van der Waals surface area contributed by atoms with Crippen molar-refractivity contribution in [3.05, 3.63) is 0 Å². The summed E-state index contributed by atoms with van der Waals surface area (Å²) in [6, 6.07) is 1.52. The number of nitrogens with zero attached hydrogens (tertiary/aromatic N) is 1. The van der Waals surface area contributed by atoms with E-state index in [9.17, 15) is 4.79 Å². The number of alkyl carbamates (subject to hydrolysis) is 1. The third-order valence-electron chi connectivity index (χ3n) is 2.71. The summed E-state index contributed by atoms with van der Waals surface area (Å²) in [5.41, 5.74) is -0.520. The van der Waals surface area contributed by atoms with Crippen LogP contribution >= 0.6 is 0 Å². The molecule has 1 fully saturated rings. The van der Waals surface area contributed by atoms with Gasteiger partial charge in [0.05, 0.1) is 12.1 Å². The quantitative estimate of drug-likeness (QED) is 0.783. The monoisotopic (exact) mass is 253 g/mol. The van der Waals surface area contributed by atoms with Gasteiger partial charge in [-0.3, -0.25) is 5.32 Å². The third-order valence-corrected chi connectivity index (χ3v) is 2.71. The first-order valence-electron chi connectivity index (χ1n) is 6.44. The first-order chi connectivity index (χ1) is 8.31. The van der Waals surface area contributed by atoms with Gasteiger partial charge in [0, 0.05) is 0 Å². The van der Waals surface area contributed by atoms with Crippen LogP contribution in [-0.2, 0) is 4.74 Å². The number of rotatable bonds is 5. The number of hydrogen-bond acceptors (Lipinski definition) is 4. The topological polar surface area (TPSA) is 74.1 Å². The second kappa shape index (κ2) is 6.05. The van der Waals surface area contributed by atoms with Crippen LogP contribution in [0.4, 0.5) is 4.79 Å². The predicted molar refractivity (Wildman–Crippen MR) is 69.0 cm³/mol. The Bertz CT molecular complexity index is 326. The molecule has 2 unspecified atom stereocenters. The van der Waals surface area contributed by atoms with Crippen LogP contribution in [0.1, 0.15) is 40.5 Å². The van der Waals surface area contributed by atoms with Crippen molar-refractivity contribution in [2.24, 2.45) is 5.92 Å². The van der Waals surface area contributed by atoms with E-state index in [2.05, 4.69) is 16.7 Å². The Morgan fingerprint density at radius 3 is 2.56 bits per heavy atom. The van der Waals surface area contributed by atoms with Crippen molar-refractivity contribution >= 4 is 6.09 Å². The highest BCUT2D eigenvalue weighted by atomic mass is 16.6. The zero-order chi connectivity index (χ0) is 13.8. The smallest absolute Gasteiger partial charge is 0.407 e. The van der Waals surface area contributed by atoms with Gasteiger partial charge in [-0.25, -0.2) is 4.79 Å². The Hall–Kier alpha value is -1.28. The molecule has 2 atom stereocenters. The third kappa shape index (κ3) is 5.87. The molecule has 0 spiro atoms. The molecule has 0 aromatic rings. The van der Waals surface area contributed by atoms with Crippen molar-refractivity contribution in [3.63, 3.8) is 0 Å². The molecule has 0 aromatic carbocycles. The fraction of sp³-hybridized carbons (Fsp3) is 0.846. The van der Waals surface area contributed by atoms with Crippen LogP contribution in [-0.4, -0.2) is 30.3 Å². The van der Waals surface area contributed by atoms with Crippen LogP contribution in [0.15, 0.2) is 0 Å². The predicted octanol–water partition coefficient (Wildman–Crippen LogP) is 1.79. The first kappa shape index (κ1) is 14.8. The van der Waals surface area contributed by atoms with Crippen LogP contribution in [0, 0.1) is 17.2 Å². The summed E-state index contributed by atoms with van der Waals surface area (Å²) >= 11 is 0. The SMILES string of the molecule is CC(NC(=O)OC(C)(C)C)C(C#N)NCC1CC1. The molecule has 0 saturated heterocycles. The van der Waals surface area contributed by atoms with E-state index in [0.29, 0.717) is 5.92 Å². The van der Waals surface area contributed by atoms with Gasteiger partial charge in [0.25, 0.3) is 0 Å². The number of nitriles is 1. The lowest BCUT2D eigenvalue weighted by Crippen LogP contribution is -2.49. The van der Waals surface area contributed by atoms with E-state index in [1.807, 2.05) is 20.8 Å². The maximum absolute atomic E-state index is 11.6. The Kier molecular flexibility index (Phi) is 4.97. The molecule has 5 heteroatoms. The highest BCUT2D eigenvalue weighted by Gasteiger charge is 2.26. The van der Waals surface area contributed by atoms with Crippen LogP contribution in [0.5, 0.6) is 0 Å². The highest BCUT2D eigenvalue weighted by Crippen LogP contribution is 2.27. The van der Waals surface area contributed by atoms with E-state index < -0.39 is 11.7 Å². The number of hydrogen-bond donors (Lipinski definition) is 2. The highest BCUT2D eigenvalue weighted by molar-refractivity contribution is 5.68. The zero-order valence-electron chi connectivity index (χ0n) is 11.6. The molecular formula is C13H23N3O2. The Labute approximate surface area is 109 Å². The Balaban J connectivity index is 2.33. The average Bonchev–Trinajstić information content (AvgIpc) is 2.99. The second-order valence-corrected chi connectivity index (χ2v) is 5.89. The largest absolute Gasteiger partial charge is 0.444 e. The van der Waals surface area contributed by atoms with Gasteiger partial charge in [-0.1, -0.05) is 0 Å². The van der Waals surface area contributed by atoms with Crippen molar-refractivity contribution in [3.8, 4) is 6.07 Å². The molecule has 0 bridgehead atoms. The molecule has 5 nitrogen and oxygen atoms in total. The lowest BCUT2D eigenvalue weighted by molar-refractivity contribution is 0.0503. The van der Waals surface area contributed by atoms with Gasteiger partial charge in [-0.05, 0) is 53.0 Å². The molecule has 102 valence electrons. The van der Waals surface area contributed by atoms with Crippen LogP contribution in [0.2, 0.25) is 0 Å². The van der Waals surface area contributed by atoms with Gasteiger partial charge in [0.1, 0.15) is 11.6 Å². The number of nitrogens with one attached hydrogen (secondary N) is 2. The maximum Gasteiger partial charge on any atom is 0.407 e. The molecule has 0 radical (unpaired) electrons. The molecular weight excluding hydrogens is 230 g/mol. The molecule has 1 aliphatic carbocycles. The molecule has 0 aromatic heterocycles. The Morgan fingerprint density at radius 2 is 2.11 bits per heavy atom. The molecule has 1 aliphatic rings. The summed E-state index contributed by atoms with van der Waals surface area (Å²) in [4.78, 5) is 11.6. The van der Waals surface area contributed by atoms with Crippen LogP contribution in [0.25, 0.3) is 0 Å². The van der Waals surface area contributed by atoms with Gasteiger partial charge >= 0.3 is 6.09 Å². The molecule has 1 saturated carbocycles. The van der Waals surface area contributed by atoms with Crippen molar-refractivity contribution in [1.82, 2.24) is 10.6 Å². The molecule has 2 N–H and O–H groups in total. The van der Waals surface area contributed by atoms with E-state index >= 15 is 0 Å². The molecule has 0 heterocycles. The summed E-state index contributed by atoms with van der Waals surface area (Å²) < 4.78 is 5.15. The minimum Gasteiger partial charge on any atom is -0.444 e. The Morgan fingerprint density at radius 1 is 1.50 bits per heavy atom. The standard InChI is InChI=1S/C13H23N3O2/c1-9(16-12(17)18-13(2,3)4)11(7-14)15-8-10-5-6-10/h9-11,15H,5-6,8H2,1-4H3,(H,16,17). The van der Waals surface area contributed by atoms with E-state index in [1.54, 1.807) is 6.92 Å². The molecule has 18 heavy (non-hydrogen) atoms. The van der Waals surface area contributed by atoms with Gasteiger partial charge in [0.2, 0.25) is 0 Å². The summed E-state index contributed by atoms with van der Waals surface area (Å²) in [6.45, 7) is 8.08. The first-order valence-corrected chi connectivity index (χ1v) is 6.44. The van der Waals surface area contributed by atoms with Crippen molar-refractivity contribution < 1.29 is 9.53 Å². The van der Waals surface area contributed by atoms with E-state index in [4.69, 9.17) is 10.00 Å². The minimum atomic E-state index is -0.520. The van der Waals surface area contributed by atoms with Gasteiger partial charge in [0.15, 0.2) is 0 Å². The molecule has 0 aliphatic heterocycles. The average molecular weight is 253 g/mol. The summed E-state index contributed by atoms with van der Waals surface area (Å²) in [6.07, 6.45) is 1.99. The van der Waals surface area contributed by atoms with Gasteiger partial charge in [-0.15, -0.1) is 0 Å². The van der Waals surface area contributed by atoms with Crippen molar-refractivity contribution in [2.45, 2.75) is 58.2 Å². The van der Waals surface area contributed by atoms with Gasteiger partial charge < -0.3 is 10.1 Å². The van der Waals surface area contributed by atoms with Crippen molar-refractivity contribution in [2.75, 3.05) is 6.54 Å². The fourth-order valence-corrected chi connectivity index (χ4v) is 1.53. The van der Waals surface area contributed by atoms with E-state index in [0.717, 1.165) is 6.54 Å². The number of carbonyl (C=O) groups is 1. The van der Waals surface area contributed by atoms with Crippen LogP contribution in [0.3, 0.4) is 0 Å². The van der Waals surface area contributed by atoms with E-state index in [1.165, 1.54) is 12.8 Å². The molecule has 1 rings (SSSR count). The second-order valence-electron chi connectivity index (χ2n) is 5.89. The lowest BCUT2D eigenvalue weighted by atomic mass is 10.1. The van der Waals surface area contributed by atoms with Crippen LogP contribution < -0.4 is 10.6 Å².